The number of aryl methyl sites for hydroxylation is 2. The summed E-state index contributed by atoms with van der Waals surface area (Å²) in [6, 6.07) is 0.896. The summed E-state index contributed by atoms with van der Waals surface area (Å²) in [4.78, 5) is 23.5. The fraction of sp³-hybridized carbons (Fsp3) is 0.467. The van der Waals surface area contributed by atoms with Crippen LogP contribution in [0.15, 0.2) is 18.5 Å². The molecule has 0 saturated carbocycles. The summed E-state index contributed by atoms with van der Waals surface area (Å²) in [5.74, 6) is 0.605. The second-order valence-corrected chi connectivity index (χ2v) is 5.23. The number of alkyl halides is 3. The Morgan fingerprint density at radius 1 is 1.33 bits per heavy atom. The summed E-state index contributed by atoms with van der Waals surface area (Å²) in [5.41, 5.74) is -0.730. The van der Waals surface area contributed by atoms with Crippen LogP contribution in [-0.2, 0) is 30.4 Å². The zero-order chi connectivity index (χ0) is 17.7. The van der Waals surface area contributed by atoms with Crippen LogP contribution in [0.2, 0.25) is 0 Å². The van der Waals surface area contributed by atoms with E-state index in [4.69, 9.17) is 0 Å². The smallest absolute Gasteiger partial charge is 0.354 e. The molecule has 6 nitrogen and oxygen atoms in total. The molecule has 2 rings (SSSR count). The van der Waals surface area contributed by atoms with E-state index in [1.54, 1.807) is 17.0 Å². The minimum Gasteiger partial charge on any atom is -0.354 e. The zero-order valence-corrected chi connectivity index (χ0v) is 13.4. The normalized spacial score (nSPS) is 11.5. The molecule has 0 aliphatic carbocycles. The van der Waals surface area contributed by atoms with Gasteiger partial charge in [-0.05, 0) is 13.0 Å². The molecule has 0 aliphatic heterocycles. The summed E-state index contributed by atoms with van der Waals surface area (Å²) >= 11 is 0. The van der Waals surface area contributed by atoms with Crippen molar-refractivity contribution in [2.45, 2.75) is 39.4 Å². The van der Waals surface area contributed by atoms with E-state index in [9.17, 15) is 18.0 Å². The largest absolute Gasteiger partial charge is 0.433 e. The molecule has 1 N–H and O–H groups in total. The molecule has 0 atom stereocenters. The van der Waals surface area contributed by atoms with Crippen LogP contribution in [-0.4, -0.2) is 32.0 Å². The van der Waals surface area contributed by atoms with E-state index in [0.717, 1.165) is 11.9 Å². The number of halogens is 3. The third kappa shape index (κ3) is 4.77. The molecule has 0 radical (unpaired) electrons. The van der Waals surface area contributed by atoms with Crippen LogP contribution in [0.4, 0.5) is 13.2 Å². The van der Waals surface area contributed by atoms with Crippen molar-refractivity contribution < 1.29 is 18.0 Å². The predicted octanol–water partition coefficient (Wildman–Crippen LogP) is 1.92. The van der Waals surface area contributed by atoms with Crippen molar-refractivity contribution in [1.82, 2.24) is 24.8 Å². The van der Waals surface area contributed by atoms with Gasteiger partial charge in [0.25, 0.3) is 0 Å². The van der Waals surface area contributed by atoms with Gasteiger partial charge in [0.2, 0.25) is 5.91 Å². The third-order valence-electron chi connectivity index (χ3n) is 3.29. The van der Waals surface area contributed by atoms with E-state index in [2.05, 4.69) is 20.3 Å². The van der Waals surface area contributed by atoms with Gasteiger partial charge in [0.1, 0.15) is 23.9 Å². The molecule has 9 heteroatoms. The summed E-state index contributed by atoms with van der Waals surface area (Å²) in [6.45, 7) is 3.69. The number of aromatic nitrogens is 4. The second-order valence-electron chi connectivity index (χ2n) is 5.23. The van der Waals surface area contributed by atoms with E-state index < -0.39 is 11.9 Å². The maximum atomic E-state index is 12.7. The molecular weight excluding hydrogens is 323 g/mol. The van der Waals surface area contributed by atoms with Gasteiger partial charge >= 0.3 is 6.18 Å². The molecule has 0 unspecified atom stereocenters. The highest BCUT2D eigenvalue weighted by atomic mass is 19.4. The molecule has 24 heavy (non-hydrogen) atoms. The van der Waals surface area contributed by atoms with E-state index >= 15 is 0 Å². The highest BCUT2D eigenvalue weighted by Crippen LogP contribution is 2.27. The lowest BCUT2D eigenvalue weighted by Crippen LogP contribution is -2.30. The quantitative estimate of drug-likeness (QED) is 0.871. The molecule has 2 aromatic rings. The Hall–Kier alpha value is -2.45. The molecule has 0 fully saturated rings. The first-order valence-corrected chi connectivity index (χ1v) is 7.48. The summed E-state index contributed by atoms with van der Waals surface area (Å²) in [7, 11) is 0. The van der Waals surface area contributed by atoms with Gasteiger partial charge < -0.3 is 9.88 Å². The SMILES string of the molecule is CCc1nccn1CC(=O)NCCc1nc(C)cc(C(F)(F)F)n1. The predicted molar refractivity (Wildman–Crippen MR) is 80.1 cm³/mol. The Labute approximate surface area is 137 Å². The average Bonchev–Trinajstić information content (AvgIpc) is 2.93. The van der Waals surface area contributed by atoms with Crippen LogP contribution in [0.25, 0.3) is 0 Å². The Balaban J connectivity index is 1.90. The van der Waals surface area contributed by atoms with Crippen molar-refractivity contribution >= 4 is 5.91 Å². The highest BCUT2D eigenvalue weighted by Gasteiger charge is 2.33. The molecule has 1 amide bonds. The fourth-order valence-electron chi connectivity index (χ4n) is 2.21. The number of rotatable bonds is 6. The standard InChI is InChI=1S/C15H18F3N5O/c1-3-13-19-6-7-23(13)9-14(24)20-5-4-12-21-10(2)8-11(22-12)15(16,17)18/h6-8H,3-5,9H2,1-2H3,(H,20,24). The Morgan fingerprint density at radius 3 is 2.75 bits per heavy atom. The number of amides is 1. The van der Waals surface area contributed by atoms with Gasteiger partial charge in [0.05, 0.1) is 0 Å². The molecule has 130 valence electrons. The van der Waals surface area contributed by atoms with E-state index in [1.165, 1.54) is 6.92 Å². The monoisotopic (exact) mass is 341 g/mol. The van der Waals surface area contributed by atoms with E-state index in [0.29, 0.717) is 6.42 Å². The molecule has 2 heterocycles. The minimum atomic E-state index is -4.51. The van der Waals surface area contributed by atoms with Crippen LogP contribution in [0.3, 0.4) is 0 Å². The van der Waals surface area contributed by atoms with Gasteiger partial charge in [-0.25, -0.2) is 15.0 Å². The van der Waals surface area contributed by atoms with Crippen LogP contribution in [0, 0.1) is 6.92 Å². The highest BCUT2D eigenvalue weighted by molar-refractivity contribution is 5.75. The number of nitrogens with one attached hydrogen (secondary N) is 1. The van der Waals surface area contributed by atoms with Crippen molar-refractivity contribution in [3.8, 4) is 0 Å². The second kappa shape index (κ2) is 7.41. The topological polar surface area (TPSA) is 72.7 Å². The fourth-order valence-corrected chi connectivity index (χ4v) is 2.21. The molecule has 0 saturated heterocycles. The van der Waals surface area contributed by atoms with Gasteiger partial charge in [-0.3, -0.25) is 4.79 Å². The van der Waals surface area contributed by atoms with Crippen LogP contribution in [0.1, 0.15) is 30.0 Å². The molecule has 2 aromatic heterocycles. The summed E-state index contributed by atoms with van der Waals surface area (Å²) in [5, 5.41) is 2.65. The molecule has 0 bridgehead atoms. The van der Waals surface area contributed by atoms with Gasteiger partial charge in [-0.15, -0.1) is 0 Å². The van der Waals surface area contributed by atoms with Crippen LogP contribution >= 0.6 is 0 Å². The van der Waals surface area contributed by atoms with Crippen LogP contribution < -0.4 is 5.32 Å². The lowest BCUT2D eigenvalue weighted by atomic mass is 10.3. The maximum Gasteiger partial charge on any atom is 0.433 e. The third-order valence-corrected chi connectivity index (χ3v) is 3.29. The molecule has 0 spiro atoms. The minimum absolute atomic E-state index is 0.0551. The van der Waals surface area contributed by atoms with E-state index in [-0.39, 0.29) is 36.9 Å². The molecule has 0 aromatic carbocycles. The van der Waals surface area contributed by atoms with Gasteiger partial charge in [-0.1, -0.05) is 6.92 Å². The van der Waals surface area contributed by atoms with Crippen molar-refractivity contribution in [3.05, 3.63) is 41.5 Å². The summed E-state index contributed by atoms with van der Waals surface area (Å²) in [6.07, 6.45) is -0.356. The Morgan fingerprint density at radius 2 is 2.08 bits per heavy atom. The first-order valence-electron chi connectivity index (χ1n) is 7.48. The maximum absolute atomic E-state index is 12.7. The number of hydrogen-bond acceptors (Lipinski definition) is 4. The number of carbonyl (C=O) groups is 1. The first-order chi connectivity index (χ1) is 11.3. The number of nitrogens with zero attached hydrogens (tertiary/aromatic N) is 4. The van der Waals surface area contributed by atoms with Crippen molar-refractivity contribution in [1.29, 1.82) is 0 Å². The lowest BCUT2D eigenvalue weighted by molar-refractivity contribution is -0.141. The summed E-state index contributed by atoms with van der Waals surface area (Å²) < 4.78 is 39.9. The van der Waals surface area contributed by atoms with Gasteiger partial charge in [0.15, 0.2) is 0 Å². The molecular formula is C15H18F3N5O. The zero-order valence-electron chi connectivity index (χ0n) is 13.4. The Kier molecular flexibility index (Phi) is 5.53. The van der Waals surface area contributed by atoms with Crippen molar-refractivity contribution in [2.75, 3.05) is 6.54 Å². The lowest BCUT2D eigenvalue weighted by Gasteiger charge is -2.10. The first kappa shape index (κ1) is 17.9. The van der Waals surface area contributed by atoms with Gasteiger partial charge in [0, 0.05) is 37.5 Å². The van der Waals surface area contributed by atoms with Crippen LogP contribution in [0.5, 0.6) is 0 Å². The van der Waals surface area contributed by atoms with Gasteiger partial charge in [-0.2, -0.15) is 13.2 Å². The van der Waals surface area contributed by atoms with Crippen molar-refractivity contribution in [3.63, 3.8) is 0 Å². The number of imidazole rings is 1. The number of hydrogen-bond donors (Lipinski definition) is 1. The van der Waals surface area contributed by atoms with Crippen molar-refractivity contribution in [2.24, 2.45) is 0 Å². The number of carbonyl (C=O) groups excluding carboxylic acids is 1. The Bertz CT molecular complexity index is 711. The van der Waals surface area contributed by atoms with E-state index in [1.807, 2.05) is 6.92 Å². The molecule has 0 aliphatic rings. The average molecular weight is 341 g/mol.